The summed E-state index contributed by atoms with van der Waals surface area (Å²) in [5.41, 5.74) is 2.70. The molecule has 16 heavy (non-hydrogen) atoms. The fraction of sp³-hybridized carbons (Fsp3) is 0.308. The molecule has 3 nitrogen and oxygen atoms in total. The van der Waals surface area contributed by atoms with Gasteiger partial charge in [-0.15, -0.1) is 0 Å². The fourth-order valence-corrected chi connectivity index (χ4v) is 1.82. The molecule has 0 radical (unpaired) electrons. The van der Waals surface area contributed by atoms with Gasteiger partial charge in [0.2, 0.25) is 0 Å². The molecule has 1 aliphatic rings. The highest BCUT2D eigenvalue weighted by Gasteiger charge is 2.16. The van der Waals surface area contributed by atoms with E-state index in [1.807, 2.05) is 12.1 Å². The van der Waals surface area contributed by atoms with Gasteiger partial charge >= 0.3 is 5.97 Å². The Morgan fingerprint density at radius 1 is 1.25 bits per heavy atom. The predicted molar refractivity (Wildman–Crippen MR) is 60.6 cm³/mol. The molecular formula is C13H13NO2. The van der Waals surface area contributed by atoms with Crippen molar-refractivity contribution in [2.45, 2.75) is 19.5 Å². The van der Waals surface area contributed by atoms with Crippen molar-refractivity contribution in [2.24, 2.45) is 0 Å². The van der Waals surface area contributed by atoms with Crippen molar-refractivity contribution in [3.8, 4) is 11.8 Å². The van der Waals surface area contributed by atoms with E-state index in [1.54, 1.807) is 0 Å². The first-order valence-electron chi connectivity index (χ1n) is 5.22. The van der Waals surface area contributed by atoms with Gasteiger partial charge < -0.3 is 5.11 Å². The molecule has 0 amide bonds. The summed E-state index contributed by atoms with van der Waals surface area (Å²) < 4.78 is 0. The van der Waals surface area contributed by atoms with Crippen molar-refractivity contribution in [1.82, 2.24) is 4.90 Å². The smallest absolute Gasteiger partial charge is 0.315 e. The Labute approximate surface area is 94.7 Å². The van der Waals surface area contributed by atoms with Gasteiger partial charge in [0.15, 0.2) is 0 Å². The highest BCUT2D eigenvalue weighted by Crippen LogP contribution is 2.21. The van der Waals surface area contributed by atoms with E-state index in [0.717, 1.165) is 13.1 Å². The minimum atomic E-state index is -0.864. The van der Waals surface area contributed by atoms with Crippen LogP contribution in [0.1, 0.15) is 17.5 Å². The summed E-state index contributed by atoms with van der Waals surface area (Å²) >= 11 is 0. The van der Waals surface area contributed by atoms with Crippen molar-refractivity contribution in [2.75, 3.05) is 6.54 Å². The van der Waals surface area contributed by atoms with Gasteiger partial charge in [0.25, 0.3) is 0 Å². The summed E-state index contributed by atoms with van der Waals surface area (Å²) in [4.78, 5) is 12.5. The summed E-state index contributed by atoms with van der Waals surface area (Å²) in [6.45, 7) is 2.47. The maximum absolute atomic E-state index is 10.3. The number of carbonyl (C=O) groups is 1. The monoisotopic (exact) mass is 215 g/mol. The molecule has 1 aliphatic heterocycles. The van der Waals surface area contributed by atoms with E-state index in [0.29, 0.717) is 6.54 Å². The number of fused-ring (bicyclic) bond motifs is 1. The van der Waals surface area contributed by atoms with Crippen molar-refractivity contribution < 1.29 is 9.90 Å². The van der Waals surface area contributed by atoms with Gasteiger partial charge in [-0.05, 0) is 11.1 Å². The van der Waals surface area contributed by atoms with Crippen LogP contribution in [0.2, 0.25) is 0 Å². The Balaban J connectivity index is 1.87. The third-order valence-electron chi connectivity index (χ3n) is 2.57. The molecule has 0 aromatic heterocycles. The first-order chi connectivity index (χ1) is 7.75. The average molecular weight is 215 g/mol. The second-order valence-corrected chi connectivity index (χ2v) is 3.84. The number of benzene rings is 1. The number of carboxylic acid groups (broad SMARTS) is 1. The minimum absolute atomic E-state index is 0.0687. The summed E-state index contributed by atoms with van der Waals surface area (Å²) in [6, 6.07) is 8.33. The molecule has 0 saturated carbocycles. The van der Waals surface area contributed by atoms with E-state index in [-0.39, 0.29) is 6.42 Å². The van der Waals surface area contributed by atoms with Crippen LogP contribution in [0.25, 0.3) is 0 Å². The van der Waals surface area contributed by atoms with Crippen LogP contribution in [0.4, 0.5) is 0 Å². The lowest BCUT2D eigenvalue weighted by Gasteiger charge is -2.09. The highest BCUT2D eigenvalue weighted by molar-refractivity contribution is 5.69. The number of hydrogen-bond donors (Lipinski definition) is 1. The molecule has 0 fully saturated rings. The van der Waals surface area contributed by atoms with E-state index in [2.05, 4.69) is 28.9 Å². The molecule has 1 aromatic rings. The van der Waals surface area contributed by atoms with Gasteiger partial charge in [-0.1, -0.05) is 36.1 Å². The van der Waals surface area contributed by atoms with Crippen LogP contribution < -0.4 is 0 Å². The van der Waals surface area contributed by atoms with E-state index in [9.17, 15) is 4.79 Å². The Kier molecular flexibility index (Phi) is 3.23. The zero-order valence-corrected chi connectivity index (χ0v) is 8.94. The minimum Gasteiger partial charge on any atom is -0.481 e. The van der Waals surface area contributed by atoms with Crippen LogP contribution in [-0.2, 0) is 17.9 Å². The lowest BCUT2D eigenvalue weighted by molar-refractivity contribution is -0.135. The van der Waals surface area contributed by atoms with Crippen molar-refractivity contribution in [1.29, 1.82) is 0 Å². The molecule has 0 unspecified atom stereocenters. The second kappa shape index (κ2) is 4.82. The van der Waals surface area contributed by atoms with Crippen LogP contribution in [0.5, 0.6) is 0 Å². The summed E-state index contributed by atoms with van der Waals surface area (Å²) in [7, 11) is 0. The molecule has 0 aliphatic carbocycles. The molecule has 1 heterocycles. The van der Waals surface area contributed by atoms with Gasteiger partial charge in [0.05, 0.1) is 6.54 Å². The third-order valence-corrected chi connectivity index (χ3v) is 2.57. The largest absolute Gasteiger partial charge is 0.481 e. The lowest BCUT2D eigenvalue weighted by Crippen LogP contribution is -2.16. The topological polar surface area (TPSA) is 40.5 Å². The Morgan fingerprint density at radius 3 is 2.44 bits per heavy atom. The SMILES string of the molecule is O=C(O)CC#CCN1Cc2ccccc2C1. The Morgan fingerprint density at radius 2 is 1.88 bits per heavy atom. The van der Waals surface area contributed by atoms with Gasteiger partial charge in [-0.2, -0.15) is 0 Å². The molecular weight excluding hydrogens is 202 g/mol. The van der Waals surface area contributed by atoms with Crippen LogP contribution in [-0.4, -0.2) is 22.5 Å². The summed E-state index contributed by atoms with van der Waals surface area (Å²) in [5, 5.41) is 8.43. The molecule has 1 N–H and O–H groups in total. The quantitative estimate of drug-likeness (QED) is 0.760. The molecule has 1 aromatic carbocycles. The predicted octanol–water partition coefficient (Wildman–Crippen LogP) is 1.48. The lowest BCUT2D eigenvalue weighted by atomic mass is 10.1. The maximum Gasteiger partial charge on any atom is 0.315 e. The zero-order chi connectivity index (χ0) is 11.4. The third kappa shape index (κ3) is 2.62. The van der Waals surface area contributed by atoms with Crippen molar-refractivity contribution >= 4 is 5.97 Å². The summed E-state index contributed by atoms with van der Waals surface area (Å²) in [5.74, 6) is 4.67. The molecule has 82 valence electrons. The van der Waals surface area contributed by atoms with Crippen LogP contribution in [0.3, 0.4) is 0 Å². The summed E-state index contributed by atoms with van der Waals surface area (Å²) in [6.07, 6.45) is -0.0687. The van der Waals surface area contributed by atoms with Gasteiger partial charge in [-0.3, -0.25) is 9.69 Å². The van der Waals surface area contributed by atoms with Gasteiger partial charge in [-0.25, -0.2) is 0 Å². The zero-order valence-electron chi connectivity index (χ0n) is 8.94. The molecule has 2 rings (SSSR count). The number of carboxylic acids is 1. The van der Waals surface area contributed by atoms with Crippen molar-refractivity contribution in [3.63, 3.8) is 0 Å². The highest BCUT2D eigenvalue weighted by atomic mass is 16.4. The van der Waals surface area contributed by atoms with E-state index in [4.69, 9.17) is 5.11 Å². The van der Waals surface area contributed by atoms with Crippen LogP contribution >= 0.6 is 0 Å². The van der Waals surface area contributed by atoms with Crippen molar-refractivity contribution in [3.05, 3.63) is 35.4 Å². The Bertz CT molecular complexity index is 431. The first kappa shape index (κ1) is 10.7. The second-order valence-electron chi connectivity index (χ2n) is 3.84. The van der Waals surface area contributed by atoms with E-state index >= 15 is 0 Å². The van der Waals surface area contributed by atoms with Gasteiger partial charge in [0.1, 0.15) is 6.42 Å². The van der Waals surface area contributed by atoms with E-state index in [1.165, 1.54) is 11.1 Å². The van der Waals surface area contributed by atoms with Crippen LogP contribution in [0, 0.1) is 11.8 Å². The number of hydrogen-bond acceptors (Lipinski definition) is 2. The van der Waals surface area contributed by atoms with Gasteiger partial charge in [0, 0.05) is 13.1 Å². The standard InChI is InChI=1S/C13H13NO2/c15-13(16)7-3-4-8-14-9-11-5-1-2-6-12(11)10-14/h1-2,5-6H,7-10H2,(H,15,16). The van der Waals surface area contributed by atoms with Crippen LogP contribution in [0.15, 0.2) is 24.3 Å². The number of rotatable bonds is 2. The number of nitrogens with zero attached hydrogens (tertiary/aromatic N) is 1. The first-order valence-corrected chi connectivity index (χ1v) is 5.22. The fourth-order valence-electron chi connectivity index (χ4n) is 1.82. The molecule has 0 atom stereocenters. The Hall–Kier alpha value is -1.79. The average Bonchev–Trinajstić information content (AvgIpc) is 2.66. The molecule has 3 heteroatoms. The normalized spacial score (nSPS) is 14.0. The number of aliphatic carboxylic acids is 1. The molecule has 0 saturated heterocycles. The molecule has 0 spiro atoms. The van der Waals surface area contributed by atoms with E-state index < -0.39 is 5.97 Å². The maximum atomic E-state index is 10.3. The molecule has 0 bridgehead atoms.